The number of hydrogen-bond donors (Lipinski definition) is 1. The molecule has 0 bridgehead atoms. The minimum atomic E-state index is 0.205. The van der Waals surface area contributed by atoms with Gasteiger partial charge >= 0.3 is 0 Å². The quantitative estimate of drug-likeness (QED) is 0.746. The number of aryl methyl sites for hydroxylation is 1. The topological polar surface area (TPSA) is 38.1 Å². The molecule has 1 aromatic heterocycles. The zero-order valence-corrected chi connectivity index (χ0v) is 7.96. The summed E-state index contributed by atoms with van der Waals surface area (Å²) in [5.74, 6) is 0.205. The summed E-state index contributed by atoms with van der Waals surface area (Å²) in [6, 6.07) is 0. The van der Waals surface area contributed by atoms with E-state index in [9.17, 15) is 5.11 Å². The number of aromatic hydroxyl groups is 1. The summed E-state index contributed by atoms with van der Waals surface area (Å²) in [4.78, 5) is 0. The minimum Gasteiger partial charge on any atom is -0.492 e. The van der Waals surface area contributed by atoms with Crippen LogP contribution in [0, 0.1) is 0 Å². The summed E-state index contributed by atoms with van der Waals surface area (Å²) in [5.41, 5.74) is 2.16. The number of nitrogens with zero attached hydrogens (tertiary/aromatic N) is 2. The molecule has 1 N–H and O–H groups in total. The highest BCUT2D eigenvalue weighted by Gasteiger charge is 2.12. The Morgan fingerprint density at radius 2 is 1.92 bits per heavy atom. The Morgan fingerprint density at radius 1 is 1.25 bits per heavy atom. The molecule has 3 nitrogen and oxygen atoms in total. The van der Waals surface area contributed by atoms with Gasteiger partial charge in [-0.1, -0.05) is 13.8 Å². The molecule has 0 fully saturated rings. The number of rotatable bonds is 3. The lowest BCUT2D eigenvalue weighted by molar-refractivity contribution is 0.435. The van der Waals surface area contributed by atoms with Gasteiger partial charge in [0.05, 0.1) is 0 Å². The summed E-state index contributed by atoms with van der Waals surface area (Å²) >= 11 is 0. The largest absolute Gasteiger partial charge is 0.492 e. The van der Waals surface area contributed by atoms with Gasteiger partial charge in [0.1, 0.15) is 0 Å². The van der Waals surface area contributed by atoms with Gasteiger partial charge in [-0.15, -0.1) is 5.10 Å². The van der Waals surface area contributed by atoms with Crippen molar-refractivity contribution in [2.45, 2.75) is 40.2 Å². The van der Waals surface area contributed by atoms with Crippen LogP contribution in [0.25, 0.3) is 0 Å². The average Bonchev–Trinajstić information content (AvgIpc) is 2.40. The molecule has 1 rings (SSSR count). The third-order valence-corrected chi connectivity index (χ3v) is 2.13. The van der Waals surface area contributed by atoms with Crippen molar-refractivity contribution in [1.29, 1.82) is 0 Å². The molecule has 0 amide bonds. The van der Waals surface area contributed by atoms with Crippen LogP contribution < -0.4 is 0 Å². The molecule has 0 aliphatic rings. The van der Waals surface area contributed by atoms with Crippen LogP contribution in [0.1, 0.15) is 32.0 Å². The first-order valence-corrected chi connectivity index (χ1v) is 4.52. The van der Waals surface area contributed by atoms with E-state index in [2.05, 4.69) is 12.0 Å². The van der Waals surface area contributed by atoms with Crippen molar-refractivity contribution in [2.75, 3.05) is 0 Å². The first-order valence-electron chi connectivity index (χ1n) is 4.52. The smallest absolute Gasteiger partial charge is 0.233 e. The fourth-order valence-corrected chi connectivity index (χ4v) is 1.54. The van der Waals surface area contributed by atoms with Crippen LogP contribution in [0.4, 0.5) is 0 Å². The summed E-state index contributed by atoms with van der Waals surface area (Å²) in [6.45, 7) is 6.99. The van der Waals surface area contributed by atoms with Crippen LogP contribution >= 0.6 is 0 Å². The third-order valence-electron chi connectivity index (χ3n) is 2.13. The molecule has 0 aromatic carbocycles. The Labute approximate surface area is 73.0 Å². The Morgan fingerprint density at radius 3 is 2.33 bits per heavy atom. The molecule has 0 saturated carbocycles. The van der Waals surface area contributed by atoms with E-state index < -0.39 is 0 Å². The fourth-order valence-electron chi connectivity index (χ4n) is 1.54. The highest BCUT2D eigenvalue weighted by Crippen LogP contribution is 2.20. The van der Waals surface area contributed by atoms with Crippen LogP contribution in [0.2, 0.25) is 0 Å². The van der Waals surface area contributed by atoms with Crippen LogP contribution in [0.5, 0.6) is 5.88 Å². The molecule has 0 aliphatic heterocycles. The maximum absolute atomic E-state index is 9.44. The van der Waals surface area contributed by atoms with E-state index in [1.165, 1.54) is 0 Å². The van der Waals surface area contributed by atoms with Crippen molar-refractivity contribution >= 4 is 0 Å². The van der Waals surface area contributed by atoms with Crippen LogP contribution in [0.3, 0.4) is 0 Å². The van der Waals surface area contributed by atoms with Crippen molar-refractivity contribution in [1.82, 2.24) is 9.78 Å². The summed E-state index contributed by atoms with van der Waals surface area (Å²) in [6.07, 6.45) is 1.79. The van der Waals surface area contributed by atoms with Crippen LogP contribution in [-0.2, 0) is 19.4 Å². The van der Waals surface area contributed by atoms with Gasteiger partial charge in [-0.25, -0.2) is 0 Å². The number of hydrogen-bond acceptors (Lipinski definition) is 2. The normalized spacial score (nSPS) is 10.6. The van der Waals surface area contributed by atoms with E-state index in [0.717, 1.165) is 30.6 Å². The van der Waals surface area contributed by atoms with Gasteiger partial charge < -0.3 is 5.11 Å². The van der Waals surface area contributed by atoms with Gasteiger partial charge in [0.25, 0.3) is 0 Å². The molecular formula is C9H16N2O. The molecule has 68 valence electrons. The highest BCUT2D eigenvalue weighted by atomic mass is 16.3. The van der Waals surface area contributed by atoms with E-state index >= 15 is 0 Å². The van der Waals surface area contributed by atoms with E-state index in [1.54, 1.807) is 0 Å². The first kappa shape index (κ1) is 9.10. The first-order chi connectivity index (χ1) is 5.74. The van der Waals surface area contributed by atoms with Gasteiger partial charge in [-0.05, 0) is 19.8 Å². The van der Waals surface area contributed by atoms with E-state index in [4.69, 9.17) is 0 Å². The monoisotopic (exact) mass is 168 g/mol. The maximum atomic E-state index is 9.44. The van der Waals surface area contributed by atoms with Crippen molar-refractivity contribution < 1.29 is 5.11 Å². The van der Waals surface area contributed by atoms with E-state index in [1.807, 2.05) is 18.5 Å². The second kappa shape index (κ2) is 3.61. The van der Waals surface area contributed by atoms with Crippen LogP contribution in [0.15, 0.2) is 0 Å². The van der Waals surface area contributed by atoms with Gasteiger partial charge in [-0.3, -0.25) is 4.68 Å². The Bertz CT molecular complexity index is 266. The zero-order chi connectivity index (χ0) is 9.14. The molecule has 1 aromatic rings. The molecule has 0 radical (unpaired) electrons. The second-order valence-corrected chi connectivity index (χ2v) is 2.77. The summed E-state index contributed by atoms with van der Waals surface area (Å²) < 4.78 is 1.87. The van der Waals surface area contributed by atoms with Gasteiger partial charge in [0.2, 0.25) is 5.88 Å². The molecule has 0 saturated heterocycles. The molecule has 0 spiro atoms. The Kier molecular flexibility index (Phi) is 2.74. The van der Waals surface area contributed by atoms with Gasteiger partial charge in [0.15, 0.2) is 0 Å². The summed E-state index contributed by atoms with van der Waals surface area (Å²) in [7, 11) is 0. The van der Waals surface area contributed by atoms with E-state index in [0.29, 0.717) is 0 Å². The molecule has 0 unspecified atom stereocenters. The Hall–Kier alpha value is -0.990. The SMILES string of the molecule is CCc1c(O)nn(CC)c1CC. The average molecular weight is 168 g/mol. The predicted molar refractivity (Wildman–Crippen MR) is 48.3 cm³/mol. The lowest BCUT2D eigenvalue weighted by Crippen LogP contribution is -2.02. The molecule has 0 atom stereocenters. The van der Waals surface area contributed by atoms with Crippen molar-refractivity contribution in [3.8, 4) is 5.88 Å². The summed E-state index contributed by atoms with van der Waals surface area (Å²) in [5, 5.41) is 13.5. The van der Waals surface area contributed by atoms with Crippen molar-refractivity contribution in [3.05, 3.63) is 11.3 Å². The number of aromatic nitrogens is 2. The van der Waals surface area contributed by atoms with E-state index in [-0.39, 0.29) is 5.88 Å². The highest BCUT2D eigenvalue weighted by molar-refractivity contribution is 5.30. The minimum absolute atomic E-state index is 0.205. The zero-order valence-electron chi connectivity index (χ0n) is 7.96. The van der Waals surface area contributed by atoms with Gasteiger partial charge in [0, 0.05) is 17.8 Å². The molecule has 3 heteroatoms. The van der Waals surface area contributed by atoms with Crippen molar-refractivity contribution in [2.24, 2.45) is 0 Å². The lowest BCUT2D eigenvalue weighted by Gasteiger charge is -2.01. The molecule has 12 heavy (non-hydrogen) atoms. The maximum Gasteiger partial charge on any atom is 0.233 e. The third kappa shape index (κ3) is 1.31. The second-order valence-electron chi connectivity index (χ2n) is 2.77. The van der Waals surface area contributed by atoms with Gasteiger partial charge in [-0.2, -0.15) is 0 Å². The Balaban J connectivity index is 3.16. The molecule has 1 heterocycles. The molecule has 0 aliphatic carbocycles. The standard InChI is InChI=1S/C9H16N2O/c1-4-7-8(5-2)11(6-3)10-9(7)12/h4-6H2,1-3H3,(H,10,12). The predicted octanol–water partition coefficient (Wildman–Crippen LogP) is 1.73. The van der Waals surface area contributed by atoms with Crippen molar-refractivity contribution in [3.63, 3.8) is 0 Å². The lowest BCUT2D eigenvalue weighted by atomic mass is 10.1. The van der Waals surface area contributed by atoms with Crippen LogP contribution in [-0.4, -0.2) is 14.9 Å². The molecular weight excluding hydrogens is 152 g/mol. The fraction of sp³-hybridized carbons (Fsp3) is 0.667.